The van der Waals surface area contributed by atoms with Crippen molar-refractivity contribution in [2.45, 2.75) is 29.8 Å². The lowest BCUT2D eigenvalue weighted by atomic mass is 10.1. The van der Waals surface area contributed by atoms with Crippen molar-refractivity contribution in [1.82, 2.24) is 29.9 Å². The van der Waals surface area contributed by atoms with Crippen molar-refractivity contribution in [2.75, 3.05) is 0 Å². The molecular formula is C20H15N7OS. The van der Waals surface area contributed by atoms with Crippen molar-refractivity contribution in [2.24, 2.45) is 0 Å². The van der Waals surface area contributed by atoms with Gasteiger partial charge < -0.3 is 4.42 Å². The van der Waals surface area contributed by atoms with Gasteiger partial charge in [-0.2, -0.15) is 5.26 Å². The van der Waals surface area contributed by atoms with E-state index in [2.05, 4.69) is 36.0 Å². The van der Waals surface area contributed by atoms with Crippen LogP contribution in [0.5, 0.6) is 0 Å². The molecule has 0 spiro atoms. The fourth-order valence-corrected chi connectivity index (χ4v) is 3.85. The molecule has 1 saturated carbocycles. The van der Waals surface area contributed by atoms with Crippen molar-refractivity contribution in [3.63, 3.8) is 0 Å². The Bertz CT molecular complexity index is 1190. The molecule has 0 unspecified atom stereocenters. The van der Waals surface area contributed by atoms with Crippen molar-refractivity contribution in [1.29, 1.82) is 5.26 Å². The van der Waals surface area contributed by atoms with Crippen LogP contribution in [-0.2, 0) is 5.75 Å². The van der Waals surface area contributed by atoms with Gasteiger partial charge in [0.2, 0.25) is 11.8 Å². The van der Waals surface area contributed by atoms with E-state index in [0.29, 0.717) is 29.1 Å². The van der Waals surface area contributed by atoms with E-state index in [0.717, 1.165) is 34.9 Å². The molecular weight excluding hydrogens is 386 g/mol. The van der Waals surface area contributed by atoms with Gasteiger partial charge in [-0.15, -0.1) is 20.4 Å². The van der Waals surface area contributed by atoms with Crippen LogP contribution in [0.25, 0.3) is 22.8 Å². The van der Waals surface area contributed by atoms with E-state index in [9.17, 15) is 0 Å². The van der Waals surface area contributed by atoms with Gasteiger partial charge in [-0.3, -0.25) is 9.55 Å². The highest BCUT2D eigenvalue weighted by molar-refractivity contribution is 7.98. The lowest BCUT2D eigenvalue weighted by Gasteiger charge is -2.07. The van der Waals surface area contributed by atoms with Crippen molar-refractivity contribution in [3.05, 3.63) is 60.2 Å². The molecule has 0 radical (unpaired) electrons. The number of hydrogen-bond donors (Lipinski definition) is 0. The van der Waals surface area contributed by atoms with Crippen LogP contribution in [-0.4, -0.2) is 29.9 Å². The average molecular weight is 401 g/mol. The smallest absolute Gasteiger partial charge is 0.247 e. The molecule has 1 aliphatic rings. The minimum absolute atomic E-state index is 0.402. The monoisotopic (exact) mass is 401 g/mol. The summed E-state index contributed by atoms with van der Waals surface area (Å²) in [6.07, 6.45) is 5.78. The lowest BCUT2D eigenvalue weighted by Crippen LogP contribution is -2.00. The molecule has 1 aromatic carbocycles. The normalized spacial score (nSPS) is 13.3. The number of aromatic nitrogens is 6. The number of pyridine rings is 1. The maximum absolute atomic E-state index is 9.05. The Hall–Kier alpha value is -3.51. The molecule has 0 saturated heterocycles. The van der Waals surface area contributed by atoms with Gasteiger partial charge in [-0.05, 0) is 43.2 Å². The van der Waals surface area contributed by atoms with Gasteiger partial charge in [0.05, 0.1) is 17.4 Å². The minimum Gasteiger partial charge on any atom is -0.420 e. The van der Waals surface area contributed by atoms with Crippen LogP contribution >= 0.6 is 11.8 Å². The van der Waals surface area contributed by atoms with Crippen LogP contribution in [0.3, 0.4) is 0 Å². The zero-order chi connectivity index (χ0) is 19.6. The number of thioether (sulfide) groups is 1. The van der Waals surface area contributed by atoms with E-state index in [4.69, 9.17) is 9.68 Å². The maximum Gasteiger partial charge on any atom is 0.247 e. The molecule has 0 N–H and O–H groups in total. The summed E-state index contributed by atoms with van der Waals surface area (Å²) in [5.74, 6) is 2.26. The zero-order valence-electron chi connectivity index (χ0n) is 15.3. The topological polar surface area (TPSA) is 106 Å². The van der Waals surface area contributed by atoms with E-state index < -0.39 is 0 Å². The third-order valence-electron chi connectivity index (χ3n) is 4.55. The van der Waals surface area contributed by atoms with E-state index in [1.165, 1.54) is 11.8 Å². The molecule has 3 heterocycles. The molecule has 0 amide bonds. The van der Waals surface area contributed by atoms with Gasteiger partial charge in [0.1, 0.15) is 0 Å². The number of benzene rings is 1. The molecule has 3 aromatic heterocycles. The summed E-state index contributed by atoms with van der Waals surface area (Å²) >= 11 is 1.53. The Morgan fingerprint density at radius 2 is 1.93 bits per heavy atom. The summed E-state index contributed by atoms with van der Waals surface area (Å²) in [7, 11) is 0. The standard InChI is InChI=1S/C20H15N7OS/c21-11-13-2-1-3-15(10-13)19-25-23-17(28-19)12-29-20-26-24-18(27(20)16-4-5-16)14-6-8-22-9-7-14/h1-3,6-10,16H,4-5,12H2. The predicted molar refractivity (Wildman–Crippen MR) is 106 cm³/mol. The minimum atomic E-state index is 0.402. The first kappa shape index (κ1) is 17.6. The SMILES string of the molecule is N#Cc1cccc(-c2nnc(CSc3nnc(-c4ccncc4)n3C3CC3)o2)c1. The van der Waals surface area contributed by atoms with Crippen molar-refractivity contribution < 1.29 is 4.42 Å². The second-order valence-electron chi connectivity index (χ2n) is 6.63. The number of hydrogen-bond acceptors (Lipinski definition) is 8. The van der Waals surface area contributed by atoms with Crippen LogP contribution in [0.2, 0.25) is 0 Å². The van der Waals surface area contributed by atoms with Crippen LogP contribution in [0, 0.1) is 11.3 Å². The highest BCUT2D eigenvalue weighted by Crippen LogP contribution is 2.41. The molecule has 5 rings (SSSR count). The molecule has 9 heteroatoms. The molecule has 1 fully saturated rings. The average Bonchev–Trinajstić information content (AvgIpc) is 3.34. The summed E-state index contributed by atoms with van der Waals surface area (Å²) in [5, 5.41) is 26.9. The molecule has 8 nitrogen and oxygen atoms in total. The van der Waals surface area contributed by atoms with Crippen LogP contribution in [0.1, 0.15) is 30.3 Å². The summed E-state index contributed by atoms with van der Waals surface area (Å²) in [6, 6.07) is 13.5. The number of rotatable bonds is 6. The molecule has 4 aromatic rings. The van der Waals surface area contributed by atoms with E-state index in [1.807, 2.05) is 18.2 Å². The first-order valence-corrected chi connectivity index (χ1v) is 10.1. The van der Waals surface area contributed by atoms with E-state index >= 15 is 0 Å². The zero-order valence-corrected chi connectivity index (χ0v) is 16.1. The molecule has 0 bridgehead atoms. The Kier molecular flexibility index (Phi) is 4.54. The van der Waals surface area contributed by atoms with Gasteiger partial charge in [-0.1, -0.05) is 17.8 Å². The Morgan fingerprint density at radius 3 is 2.72 bits per heavy atom. The summed E-state index contributed by atoms with van der Waals surface area (Å²) in [4.78, 5) is 4.07. The first-order chi connectivity index (χ1) is 14.3. The van der Waals surface area contributed by atoms with Gasteiger partial charge in [0, 0.05) is 29.6 Å². The fourth-order valence-electron chi connectivity index (χ4n) is 3.01. The van der Waals surface area contributed by atoms with Crippen molar-refractivity contribution >= 4 is 11.8 Å². The maximum atomic E-state index is 9.05. The summed E-state index contributed by atoms with van der Waals surface area (Å²) in [6.45, 7) is 0. The molecule has 29 heavy (non-hydrogen) atoms. The first-order valence-electron chi connectivity index (χ1n) is 9.13. The Balaban J connectivity index is 1.35. The number of nitriles is 1. The lowest BCUT2D eigenvalue weighted by molar-refractivity contribution is 0.528. The predicted octanol–water partition coefficient (Wildman–Crippen LogP) is 3.89. The van der Waals surface area contributed by atoms with Gasteiger partial charge in [0.25, 0.3) is 0 Å². The van der Waals surface area contributed by atoms with Crippen LogP contribution < -0.4 is 0 Å². The molecule has 142 valence electrons. The third-order valence-corrected chi connectivity index (χ3v) is 5.47. The number of nitrogens with zero attached hydrogens (tertiary/aromatic N) is 7. The van der Waals surface area contributed by atoms with Gasteiger partial charge in [-0.25, -0.2) is 0 Å². The Labute approximate surface area is 170 Å². The van der Waals surface area contributed by atoms with Crippen LogP contribution in [0.15, 0.2) is 58.4 Å². The second-order valence-corrected chi connectivity index (χ2v) is 7.57. The quantitative estimate of drug-likeness (QED) is 0.448. The van der Waals surface area contributed by atoms with Crippen molar-refractivity contribution in [3.8, 4) is 28.9 Å². The summed E-state index contributed by atoms with van der Waals surface area (Å²) in [5.41, 5.74) is 2.29. The van der Waals surface area contributed by atoms with Gasteiger partial charge in [0.15, 0.2) is 11.0 Å². The van der Waals surface area contributed by atoms with Gasteiger partial charge >= 0.3 is 0 Å². The molecule has 0 atom stereocenters. The summed E-state index contributed by atoms with van der Waals surface area (Å²) < 4.78 is 7.97. The highest BCUT2D eigenvalue weighted by atomic mass is 32.2. The fraction of sp³-hybridized carbons (Fsp3) is 0.200. The van der Waals surface area contributed by atoms with E-state index in [1.54, 1.807) is 30.6 Å². The molecule has 1 aliphatic carbocycles. The van der Waals surface area contributed by atoms with Crippen LogP contribution in [0.4, 0.5) is 0 Å². The Morgan fingerprint density at radius 1 is 1.07 bits per heavy atom. The van der Waals surface area contributed by atoms with E-state index in [-0.39, 0.29) is 0 Å². The highest BCUT2D eigenvalue weighted by Gasteiger charge is 2.30. The molecule has 0 aliphatic heterocycles. The largest absolute Gasteiger partial charge is 0.420 e. The second kappa shape index (κ2) is 7.48. The third kappa shape index (κ3) is 3.62.